The molecule has 1 saturated heterocycles. The summed E-state index contributed by atoms with van der Waals surface area (Å²) < 4.78 is 5.72. The third-order valence-electron chi connectivity index (χ3n) is 3.27. The number of rotatable bonds is 5. The van der Waals surface area contributed by atoms with E-state index in [4.69, 9.17) is 4.74 Å². The van der Waals surface area contributed by atoms with Gasteiger partial charge in [-0.05, 0) is 13.1 Å². The van der Waals surface area contributed by atoms with E-state index in [9.17, 15) is 4.79 Å². The van der Waals surface area contributed by atoms with Crippen molar-refractivity contribution in [1.29, 1.82) is 0 Å². The number of morpholine rings is 1. The maximum atomic E-state index is 11.7. The van der Waals surface area contributed by atoms with Crippen molar-refractivity contribution in [2.45, 2.75) is 26.5 Å². The lowest BCUT2D eigenvalue weighted by Gasteiger charge is -2.31. The molecule has 6 heteroatoms. The van der Waals surface area contributed by atoms with Gasteiger partial charge in [0.25, 0.3) is 5.56 Å². The van der Waals surface area contributed by atoms with Crippen LogP contribution in [-0.2, 0) is 11.3 Å². The second-order valence-corrected chi connectivity index (χ2v) is 4.65. The lowest BCUT2D eigenvalue weighted by atomic mass is 10.2. The number of likely N-dealkylation sites (N-methyl/N-ethyl adjacent to an activating group) is 1. The highest BCUT2D eigenvalue weighted by Crippen LogP contribution is 2.18. The second-order valence-electron chi connectivity index (χ2n) is 4.65. The summed E-state index contributed by atoms with van der Waals surface area (Å²) >= 11 is 0. The predicted molar refractivity (Wildman–Crippen MR) is 73.0 cm³/mol. The van der Waals surface area contributed by atoms with Gasteiger partial charge in [-0.3, -0.25) is 9.69 Å². The van der Waals surface area contributed by atoms with Crippen molar-refractivity contribution in [2.75, 3.05) is 32.8 Å². The Morgan fingerprint density at radius 1 is 1.58 bits per heavy atom. The molecule has 2 heterocycles. The van der Waals surface area contributed by atoms with Crippen molar-refractivity contribution < 1.29 is 4.74 Å². The maximum Gasteiger partial charge on any atom is 0.251 e. The van der Waals surface area contributed by atoms with Crippen molar-refractivity contribution in [1.82, 2.24) is 20.2 Å². The first-order valence-corrected chi connectivity index (χ1v) is 6.87. The number of hydrogen-bond acceptors (Lipinski definition) is 5. The van der Waals surface area contributed by atoms with Crippen LogP contribution in [0.1, 0.15) is 31.5 Å². The molecule has 106 valence electrons. The first kappa shape index (κ1) is 14.2. The van der Waals surface area contributed by atoms with Gasteiger partial charge in [0.1, 0.15) is 11.9 Å². The third kappa shape index (κ3) is 3.86. The summed E-state index contributed by atoms with van der Waals surface area (Å²) in [6.07, 6.45) is -0.136. The Morgan fingerprint density at radius 2 is 2.42 bits per heavy atom. The number of ether oxygens (including phenoxy) is 1. The zero-order valence-corrected chi connectivity index (χ0v) is 11.6. The van der Waals surface area contributed by atoms with Crippen LogP contribution < -0.4 is 10.9 Å². The van der Waals surface area contributed by atoms with Gasteiger partial charge in [0.05, 0.1) is 12.3 Å². The first-order chi connectivity index (χ1) is 9.22. The van der Waals surface area contributed by atoms with E-state index in [1.54, 1.807) is 0 Å². The van der Waals surface area contributed by atoms with Crippen LogP contribution in [0.25, 0.3) is 0 Å². The van der Waals surface area contributed by atoms with E-state index < -0.39 is 0 Å². The zero-order valence-electron chi connectivity index (χ0n) is 11.6. The monoisotopic (exact) mass is 266 g/mol. The Kier molecular flexibility index (Phi) is 5.07. The van der Waals surface area contributed by atoms with Gasteiger partial charge in [0.2, 0.25) is 0 Å². The van der Waals surface area contributed by atoms with Crippen LogP contribution in [0.5, 0.6) is 0 Å². The molecule has 1 atom stereocenters. The summed E-state index contributed by atoms with van der Waals surface area (Å²) in [6.45, 7) is 9.00. The van der Waals surface area contributed by atoms with Gasteiger partial charge in [-0.1, -0.05) is 13.8 Å². The fraction of sp³-hybridized carbons (Fsp3) is 0.692. The molecule has 1 unspecified atom stereocenters. The van der Waals surface area contributed by atoms with E-state index in [-0.39, 0.29) is 11.7 Å². The molecule has 2 rings (SSSR count). The van der Waals surface area contributed by atoms with Crippen LogP contribution in [0.2, 0.25) is 0 Å². The standard InChI is InChI=1S/C13H22N4O2/c1-3-14-8-10-7-12(18)16-13(15-10)11-9-17(4-2)5-6-19-11/h7,11,14H,3-6,8-9H2,1-2H3,(H,15,16,18). The van der Waals surface area contributed by atoms with Crippen LogP contribution in [0.15, 0.2) is 10.9 Å². The molecule has 6 nitrogen and oxygen atoms in total. The van der Waals surface area contributed by atoms with Crippen LogP contribution in [-0.4, -0.2) is 47.7 Å². The Labute approximate surface area is 113 Å². The van der Waals surface area contributed by atoms with Gasteiger partial charge in [-0.2, -0.15) is 0 Å². The van der Waals surface area contributed by atoms with Gasteiger partial charge in [0.15, 0.2) is 0 Å². The minimum Gasteiger partial charge on any atom is -0.368 e. The average molecular weight is 266 g/mol. The molecule has 0 aromatic carbocycles. The third-order valence-corrected chi connectivity index (χ3v) is 3.27. The predicted octanol–water partition coefficient (Wildman–Crippen LogP) is 0.273. The number of aromatic nitrogens is 2. The Morgan fingerprint density at radius 3 is 3.16 bits per heavy atom. The molecule has 1 aromatic rings. The summed E-state index contributed by atoms with van der Waals surface area (Å²) in [5.74, 6) is 0.638. The molecular weight excluding hydrogens is 244 g/mol. The number of H-pyrrole nitrogens is 1. The fourth-order valence-corrected chi connectivity index (χ4v) is 2.18. The van der Waals surface area contributed by atoms with Crippen LogP contribution in [0.4, 0.5) is 0 Å². The molecule has 1 aliphatic heterocycles. The normalized spacial score (nSPS) is 20.6. The van der Waals surface area contributed by atoms with Crippen molar-refractivity contribution in [3.05, 3.63) is 27.9 Å². The summed E-state index contributed by atoms with van der Waals surface area (Å²) in [7, 11) is 0. The van der Waals surface area contributed by atoms with Gasteiger partial charge < -0.3 is 15.0 Å². The number of nitrogens with zero attached hydrogens (tertiary/aromatic N) is 2. The van der Waals surface area contributed by atoms with E-state index in [0.717, 1.165) is 31.9 Å². The number of nitrogens with one attached hydrogen (secondary N) is 2. The highest BCUT2D eigenvalue weighted by Gasteiger charge is 2.23. The molecular formula is C13H22N4O2. The zero-order chi connectivity index (χ0) is 13.7. The van der Waals surface area contributed by atoms with E-state index in [0.29, 0.717) is 19.0 Å². The molecule has 1 fully saturated rings. The molecule has 0 spiro atoms. The Hall–Kier alpha value is -1.24. The van der Waals surface area contributed by atoms with E-state index >= 15 is 0 Å². The van der Waals surface area contributed by atoms with Crippen molar-refractivity contribution in [3.63, 3.8) is 0 Å². The van der Waals surface area contributed by atoms with Crippen molar-refractivity contribution in [2.24, 2.45) is 0 Å². The van der Waals surface area contributed by atoms with Crippen LogP contribution in [0.3, 0.4) is 0 Å². The number of hydrogen-bond donors (Lipinski definition) is 2. The molecule has 2 N–H and O–H groups in total. The molecule has 0 radical (unpaired) electrons. The number of aromatic amines is 1. The SMILES string of the molecule is CCNCc1cc(=O)[nH]c(C2CN(CC)CCO2)n1. The van der Waals surface area contributed by atoms with E-state index in [1.165, 1.54) is 6.07 Å². The summed E-state index contributed by atoms with van der Waals surface area (Å²) in [5.41, 5.74) is 0.646. The summed E-state index contributed by atoms with van der Waals surface area (Å²) in [6, 6.07) is 1.53. The van der Waals surface area contributed by atoms with Crippen molar-refractivity contribution >= 4 is 0 Å². The smallest absolute Gasteiger partial charge is 0.251 e. The molecule has 1 aromatic heterocycles. The first-order valence-electron chi connectivity index (χ1n) is 6.87. The summed E-state index contributed by atoms with van der Waals surface area (Å²) in [5, 5.41) is 3.18. The lowest BCUT2D eigenvalue weighted by molar-refractivity contribution is -0.0327. The van der Waals surface area contributed by atoms with Gasteiger partial charge in [-0.25, -0.2) is 4.98 Å². The quantitative estimate of drug-likeness (QED) is 0.800. The van der Waals surface area contributed by atoms with Crippen LogP contribution >= 0.6 is 0 Å². The van der Waals surface area contributed by atoms with Gasteiger partial charge >= 0.3 is 0 Å². The highest BCUT2D eigenvalue weighted by molar-refractivity contribution is 5.05. The molecule has 0 amide bonds. The maximum absolute atomic E-state index is 11.7. The van der Waals surface area contributed by atoms with Gasteiger partial charge in [0, 0.05) is 25.7 Å². The average Bonchev–Trinajstić information content (AvgIpc) is 2.44. The largest absolute Gasteiger partial charge is 0.368 e. The molecule has 19 heavy (non-hydrogen) atoms. The van der Waals surface area contributed by atoms with E-state index in [1.807, 2.05) is 6.92 Å². The molecule has 0 bridgehead atoms. The summed E-state index contributed by atoms with van der Waals surface area (Å²) in [4.78, 5) is 21.3. The second kappa shape index (κ2) is 6.79. The minimum absolute atomic E-state index is 0.116. The highest BCUT2D eigenvalue weighted by atomic mass is 16.5. The Balaban J connectivity index is 2.14. The van der Waals surface area contributed by atoms with Crippen LogP contribution in [0, 0.1) is 0 Å². The molecule has 0 aliphatic carbocycles. The molecule has 1 aliphatic rings. The fourth-order valence-electron chi connectivity index (χ4n) is 2.18. The minimum atomic E-state index is -0.136. The molecule has 0 saturated carbocycles. The van der Waals surface area contributed by atoms with Gasteiger partial charge in [-0.15, -0.1) is 0 Å². The van der Waals surface area contributed by atoms with Crippen molar-refractivity contribution in [3.8, 4) is 0 Å². The lowest BCUT2D eigenvalue weighted by Crippen LogP contribution is -2.39. The topological polar surface area (TPSA) is 70.2 Å². The Bertz CT molecular complexity index is 460. The van der Waals surface area contributed by atoms with E-state index in [2.05, 4.69) is 27.1 Å².